The Labute approximate surface area is 107 Å². The van der Waals surface area contributed by atoms with Gasteiger partial charge in [0.05, 0.1) is 12.1 Å². The Hall–Kier alpha value is -1.89. The number of hydrogen-bond acceptors (Lipinski definition) is 4. The van der Waals surface area contributed by atoms with Crippen LogP contribution >= 0.6 is 11.3 Å². The number of nitrogens with one attached hydrogen (secondary N) is 1. The van der Waals surface area contributed by atoms with E-state index in [9.17, 15) is 9.59 Å². The molecule has 7 heteroatoms. The minimum absolute atomic E-state index is 0.0954. The number of fused-ring (bicyclic) bond motifs is 1. The molecule has 0 fully saturated rings. The largest absolute Gasteiger partial charge is 0.480 e. The average molecular weight is 267 g/mol. The summed E-state index contributed by atoms with van der Waals surface area (Å²) in [6.07, 6.45) is 4.09. The van der Waals surface area contributed by atoms with Gasteiger partial charge in [-0.15, -0.1) is 11.3 Å². The quantitative estimate of drug-likeness (QED) is 0.843. The summed E-state index contributed by atoms with van der Waals surface area (Å²) < 4.78 is 1.84. The van der Waals surface area contributed by atoms with E-state index in [1.165, 1.54) is 11.3 Å². The number of aliphatic carboxylic acids is 1. The smallest absolute Gasteiger partial charge is 0.326 e. The highest BCUT2D eigenvalue weighted by Crippen LogP contribution is 2.11. The highest BCUT2D eigenvalue weighted by molar-refractivity contribution is 7.15. The third-order valence-electron chi connectivity index (χ3n) is 2.53. The predicted octanol–water partition coefficient (Wildman–Crippen LogP) is 0.918. The number of aromatic nitrogens is 2. The van der Waals surface area contributed by atoms with Gasteiger partial charge in [-0.05, 0) is 6.42 Å². The molecule has 1 atom stereocenters. The van der Waals surface area contributed by atoms with E-state index in [1.807, 2.05) is 16.0 Å². The molecular formula is C11H13N3O3S. The van der Waals surface area contributed by atoms with E-state index in [1.54, 1.807) is 13.1 Å². The summed E-state index contributed by atoms with van der Waals surface area (Å²) in [5.74, 6) is -1.34. The van der Waals surface area contributed by atoms with E-state index < -0.39 is 12.0 Å². The maximum atomic E-state index is 11.7. The first kappa shape index (κ1) is 12.6. The molecule has 0 saturated carbocycles. The molecule has 0 aromatic carbocycles. The van der Waals surface area contributed by atoms with Crippen LogP contribution in [0.1, 0.15) is 19.0 Å². The fraction of sp³-hybridized carbons (Fsp3) is 0.364. The van der Waals surface area contributed by atoms with Crippen LogP contribution in [0.25, 0.3) is 4.96 Å². The summed E-state index contributed by atoms with van der Waals surface area (Å²) in [7, 11) is 0. The second-order valence-electron chi connectivity index (χ2n) is 3.87. The number of carbonyl (C=O) groups is 2. The normalized spacial score (nSPS) is 12.5. The number of thiazole rings is 1. The fourth-order valence-electron chi connectivity index (χ4n) is 1.61. The summed E-state index contributed by atoms with van der Waals surface area (Å²) in [4.78, 5) is 27.5. The van der Waals surface area contributed by atoms with Gasteiger partial charge in [-0.1, -0.05) is 6.92 Å². The van der Waals surface area contributed by atoms with Crippen LogP contribution in [0.4, 0.5) is 0 Å². The molecule has 2 N–H and O–H groups in total. The number of amides is 1. The van der Waals surface area contributed by atoms with Crippen LogP contribution in [0.5, 0.6) is 0 Å². The molecule has 0 aliphatic rings. The Kier molecular flexibility index (Phi) is 3.61. The molecule has 0 unspecified atom stereocenters. The van der Waals surface area contributed by atoms with Crippen molar-refractivity contribution in [1.82, 2.24) is 14.7 Å². The number of carbonyl (C=O) groups excluding carboxylic acids is 1. The zero-order valence-corrected chi connectivity index (χ0v) is 10.6. The van der Waals surface area contributed by atoms with Gasteiger partial charge in [0.25, 0.3) is 0 Å². The zero-order chi connectivity index (χ0) is 13.1. The topological polar surface area (TPSA) is 83.7 Å². The summed E-state index contributed by atoms with van der Waals surface area (Å²) >= 11 is 1.48. The Morgan fingerprint density at radius 3 is 3.00 bits per heavy atom. The first-order valence-electron chi connectivity index (χ1n) is 5.53. The van der Waals surface area contributed by atoms with Crippen molar-refractivity contribution in [2.24, 2.45) is 0 Å². The number of carboxylic acid groups (broad SMARTS) is 1. The standard InChI is InChI=1S/C11H13N3O3S/c1-2-8(10(16)17)13-9(15)5-7-6-14-3-4-18-11(14)12-7/h3-4,6,8H,2,5H2,1H3,(H,13,15)(H,16,17)/t8-/m1/s1. The van der Waals surface area contributed by atoms with Crippen LogP contribution in [0.15, 0.2) is 17.8 Å². The lowest BCUT2D eigenvalue weighted by Crippen LogP contribution is -2.41. The molecule has 0 saturated heterocycles. The van der Waals surface area contributed by atoms with Gasteiger partial charge >= 0.3 is 5.97 Å². The fourth-order valence-corrected chi connectivity index (χ4v) is 2.33. The number of hydrogen-bond donors (Lipinski definition) is 2. The highest BCUT2D eigenvalue weighted by Gasteiger charge is 2.18. The summed E-state index contributed by atoms with van der Waals surface area (Å²) in [5, 5.41) is 13.2. The number of rotatable bonds is 5. The molecule has 0 spiro atoms. The molecular weight excluding hydrogens is 254 g/mol. The third kappa shape index (κ3) is 2.67. The number of imidazole rings is 1. The summed E-state index contributed by atoms with van der Waals surface area (Å²) in [5.41, 5.74) is 0.639. The highest BCUT2D eigenvalue weighted by atomic mass is 32.1. The van der Waals surface area contributed by atoms with E-state index in [0.29, 0.717) is 12.1 Å². The Morgan fingerprint density at radius 1 is 1.61 bits per heavy atom. The molecule has 18 heavy (non-hydrogen) atoms. The molecule has 2 heterocycles. The van der Waals surface area contributed by atoms with Crippen molar-refractivity contribution >= 4 is 28.2 Å². The van der Waals surface area contributed by atoms with Crippen LogP contribution in [0.2, 0.25) is 0 Å². The predicted molar refractivity (Wildman–Crippen MR) is 66.6 cm³/mol. The molecule has 0 radical (unpaired) electrons. The van der Waals surface area contributed by atoms with Gasteiger partial charge in [0.15, 0.2) is 4.96 Å². The lowest BCUT2D eigenvalue weighted by molar-refractivity contribution is -0.141. The Bertz CT molecular complexity index is 546. The van der Waals surface area contributed by atoms with Gasteiger partial charge in [0.2, 0.25) is 5.91 Å². The van der Waals surface area contributed by atoms with Crippen LogP contribution in [0, 0.1) is 0 Å². The van der Waals surface area contributed by atoms with Crippen LogP contribution < -0.4 is 5.32 Å². The second kappa shape index (κ2) is 5.18. The van der Waals surface area contributed by atoms with Crippen molar-refractivity contribution in [3.63, 3.8) is 0 Å². The third-order valence-corrected chi connectivity index (χ3v) is 3.30. The number of nitrogens with zero attached hydrogens (tertiary/aromatic N) is 2. The van der Waals surface area contributed by atoms with E-state index >= 15 is 0 Å². The maximum absolute atomic E-state index is 11.7. The Balaban J connectivity index is 1.99. The lowest BCUT2D eigenvalue weighted by Gasteiger charge is -2.11. The summed E-state index contributed by atoms with van der Waals surface area (Å²) in [6, 6.07) is -0.832. The van der Waals surface area contributed by atoms with Crippen molar-refractivity contribution in [2.45, 2.75) is 25.8 Å². The molecule has 0 aliphatic heterocycles. The van der Waals surface area contributed by atoms with E-state index in [-0.39, 0.29) is 12.3 Å². The molecule has 6 nitrogen and oxygen atoms in total. The molecule has 2 aromatic rings. The number of carboxylic acids is 1. The average Bonchev–Trinajstić information content (AvgIpc) is 2.85. The second-order valence-corrected chi connectivity index (χ2v) is 4.74. The molecule has 0 aliphatic carbocycles. The monoisotopic (exact) mass is 267 g/mol. The molecule has 96 valence electrons. The van der Waals surface area contributed by atoms with Crippen molar-refractivity contribution in [3.05, 3.63) is 23.5 Å². The molecule has 1 amide bonds. The molecule has 0 bridgehead atoms. The zero-order valence-electron chi connectivity index (χ0n) is 9.79. The van der Waals surface area contributed by atoms with Crippen molar-refractivity contribution in [1.29, 1.82) is 0 Å². The Morgan fingerprint density at radius 2 is 2.39 bits per heavy atom. The minimum atomic E-state index is -1.02. The summed E-state index contributed by atoms with van der Waals surface area (Å²) in [6.45, 7) is 1.71. The van der Waals surface area contributed by atoms with Crippen LogP contribution in [-0.4, -0.2) is 32.4 Å². The van der Waals surface area contributed by atoms with E-state index in [4.69, 9.17) is 5.11 Å². The van der Waals surface area contributed by atoms with Crippen molar-refractivity contribution in [2.75, 3.05) is 0 Å². The molecule has 2 aromatic heterocycles. The SMILES string of the molecule is CC[C@@H](NC(=O)Cc1cn2ccsc2n1)C(=O)O. The van der Waals surface area contributed by atoms with Crippen molar-refractivity contribution in [3.8, 4) is 0 Å². The van der Waals surface area contributed by atoms with Gasteiger partial charge < -0.3 is 10.4 Å². The van der Waals surface area contributed by atoms with Gasteiger partial charge in [-0.25, -0.2) is 9.78 Å². The first-order valence-corrected chi connectivity index (χ1v) is 6.41. The van der Waals surface area contributed by atoms with Crippen LogP contribution in [-0.2, 0) is 16.0 Å². The van der Waals surface area contributed by atoms with E-state index in [2.05, 4.69) is 10.3 Å². The minimum Gasteiger partial charge on any atom is -0.480 e. The first-order chi connectivity index (χ1) is 8.60. The maximum Gasteiger partial charge on any atom is 0.326 e. The van der Waals surface area contributed by atoms with Gasteiger partial charge in [0.1, 0.15) is 6.04 Å². The van der Waals surface area contributed by atoms with Gasteiger partial charge in [0, 0.05) is 17.8 Å². The molecule has 2 rings (SSSR count). The lowest BCUT2D eigenvalue weighted by atomic mass is 10.2. The van der Waals surface area contributed by atoms with Gasteiger partial charge in [-0.2, -0.15) is 0 Å². The van der Waals surface area contributed by atoms with Crippen molar-refractivity contribution < 1.29 is 14.7 Å². The van der Waals surface area contributed by atoms with Gasteiger partial charge in [-0.3, -0.25) is 9.20 Å². The van der Waals surface area contributed by atoms with Crippen LogP contribution in [0.3, 0.4) is 0 Å². The van der Waals surface area contributed by atoms with E-state index in [0.717, 1.165) is 4.96 Å².